The summed E-state index contributed by atoms with van der Waals surface area (Å²) in [5.41, 5.74) is 2.62. The maximum absolute atomic E-state index is 13.8. The summed E-state index contributed by atoms with van der Waals surface area (Å²) >= 11 is 1.57. The number of nitrogens with zero attached hydrogens (tertiary/aromatic N) is 2. The largest absolute Gasteiger partial charge is 0.359 e. The summed E-state index contributed by atoms with van der Waals surface area (Å²) < 4.78 is 24.6. The second-order valence-electron chi connectivity index (χ2n) is 12.8. The van der Waals surface area contributed by atoms with Gasteiger partial charge in [-0.1, -0.05) is 45.8 Å². The molecule has 0 bridgehead atoms. The SMILES string of the molecule is C=C(CN1CCS(=O)(=O)CC1)C(=O)CC[C@@H](NC(=O)[C@@H](CC(=O)NC)Cc1nc2ccc(C(C)C)cc2s1)C1CCCCC1. The van der Waals surface area contributed by atoms with Crippen LogP contribution < -0.4 is 10.6 Å². The molecule has 1 saturated heterocycles. The van der Waals surface area contributed by atoms with Crippen LogP contribution in [0.5, 0.6) is 0 Å². The number of thiazole rings is 1. The van der Waals surface area contributed by atoms with Gasteiger partial charge in [-0.05, 0) is 48.8 Å². The third-order valence-electron chi connectivity index (χ3n) is 9.10. The number of rotatable bonds is 14. The zero-order chi connectivity index (χ0) is 31.9. The maximum Gasteiger partial charge on any atom is 0.224 e. The van der Waals surface area contributed by atoms with Gasteiger partial charge in [0.25, 0.3) is 0 Å². The molecule has 0 radical (unpaired) electrons. The number of fused-ring (bicyclic) bond motifs is 1. The van der Waals surface area contributed by atoms with E-state index in [1.54, 1.807) is 18.4 Å². The lowest BCUT2D eigenvalue weighted by molar-refractivity contribution is -0.131. The van der Waals surface area contributed by atoms with Gasteiger partial charge >= 0.3 is 0 Å². The molecule has 1 aromatic heterocycles. The topological polar surface area (TPSA) is 126 Å². The van der Waals surface area contributed by atoms with Gasteiger partial charge in [-0.15, -0.1) is 11.3 Å². The Kier molecular flexibility index (Phi) is 12.1. The van der Waals surface area contributed by atoms with Gasteiger partial charge in [-0.3, -0.25) is 19.3 Å². The number of amides is 2. The number of hydrogen-bond acceptors (Lipinski definition) is 8. The lowest BCUT2D eigenvalue weighted by Crippen LogP contribution is -2.45. The fourth-order valence-corrected chi connectivity index (χ4v) is 8.59. The van der Waals surface area contributed by atoms with Crippen molar-refractivity contribution in [2.45, 2.75) is 83.6 Å². The molecular formula is C33H48N4O5S2. The van der Waals surface area contributed by atoms with Gasteiger partial charge in [0.1, 0.15) is 0 Å². The Hall–Kier alpha value is -2.63. The Morgan fingerprint density at radius 2 is 1.82 bits per heavy atom. The summed E-state index contributed by atoms with van der Waals surface area (Å²) in [4.78, 5) is 46.2. The second kappa shape index (κ2) is 15.6. The third-order valence-corrected chi connectivity index (χ3v) is 11.8. The van der Waals surface area contributed by atoms with Gasteiger partial charge in [0.15, 0.2) is 15.6 Å². The summed E-state index contributed by atoms with van der Waals surface area (Å²) in [6.07, 6.45) is 6.58. The van der Waals surface area contributed by atoms with Crippen LogP contribution in [0.1, 0.15) is 81.7 Å². The van der Waals surface area contributed by atoms with Crippen LogP contribution in [0.3, 0.4) is 0 Å². The molecular weight excluding hydrogens is 597 g/mol. The highest BCUT2D eigenvalue weighted by atomic mass is 32.2. The molecule has 1 saturated carbocycles. The van der Waals surface area contributed by atoms with Gasteiger partial charge in [0.05, 0.1) is 32.6 Å². The van der Waals surface area contributed by atoms with E-state index in [1.165, 1.54) is 12.0 Å². The molecule has 2 amide bonds. The minimum atomic E-state index is -2.99. The summed E-state index contributed by atoms with van der Waals surface area (Å²) in [6.45, 7) is 9.51. The van der Waals surface area contributed by atoms with Crippen molar-refractivity contribution in [1.82, 2.24) is 20.5 Å². The first kappa shape index (κ1) is 34.2. The zero-order valence-electron chi connectivity index (χ0n) is 26.4. The van der Waals surface area contributed by atoms with E-state index in [4.69, 9.17) is 4.98 Å². The minimum Gasteiger partial charge on any atom is -0.359 e. The van der Waals surface area contributed by atoms with E-state index >= 15 is 0 Å². The van der Waals surface area contributed by atoms with E-state index in [0.29, 0.717) is 44.0 Å². The molecule has 2 aliphatic rings. The number of carbonyl (C=O) groups is 3. The van der Waals surface area contributed by atoms with E-state index in [0.717, 1.165) is 40.9 Å². The van der Waals surface area contributed by atoms with Gasteiger partial charge in [-0.2, -0.15) is 0 Å². The van der Waals surface area contributed by atoms with Crippen LogP contribution in [-0.2, 0) is 30.6 Å². The number of aromatic nitrogens is 1. The number of Topliss-reactive ketones (excluding diaryl/α,β-unsaturated/α-hetero) is 1. The van der Waals surface area contributed by atoms with Crippen LogP contribution in [0.25, 0.3) is 10.2 Å². The number of hydrogen-bond donors (Lipinski definition) is 2. The molecule has 11 heteroatoms. The number of nitrogens with one attached hydrogen (secondary N) is 2. The lowest BCUT2D eigenvalue weighted by atomic mass is 9.81. The highest BCUT2D eigenvalue weighted by molar-refractivity contribution is 7.91. The summed E-state index contributed by atoms with van der Waals surface area (Å²) in [6, 6.07) is 6.10. The van der Waals surface area contributed by atoms with E-state index in [9.17, 15) is 22.8 Å². The average molecular weight is 645 g/mol. The summed E-state index contributed by atoms with van der Waals surface area (Å²) in [5, 5.41) is 6.77. The Morgan fingerprint density at radius 1 is 1.11 bits per heavy atom. The normalized spacial score (nSPS) is 19.0. The van der Waals surface area contributed by atoms with E-state index in [2.05, 4.69) is 43.2 Å². The predicted molar refractivity (Wildman–Crippen MR) is 177 cm³/mol. The van der Waals surface area contributed by atoms with Crippen LogP contribution in [0.4, 0.5) is 0 Å². The number of sulfone groups is 1. The fourth-order valence-electron chi connectivity index (χ4n) is 6.22. The van der Waals surface area contributed by atoms with Crippen LogP contribution in [0.15, 0.2) is 30.4 Å². The lowest BCUT2D eigenvalue weighted by Gasteiger charge is -2.32. The van der Waals surface area contributed by atoms with Gasteiger partial charge < -0.3 is 10.6 Å². The van der Waals surface area contributed by atoms with Crippen LogP contribution in [-0.4, -0.2) is 80.1 Å². The Balaban J connectivity index is 1.43. The van der Waals surface area contributed by atoms with Crippen molar-refractivity contribution in [2.75, 3.05) is 38.2 Å². The van der Waals surface area contributed by atoms with Crippen LogP contribution >= 0.6 is 11.3 Å². The highest BCUT2D eigenvalue weighted by Gasteiger charge is 2.31. The molecule has 44 heavy (non-hydrogen) atoms. The highest BCUT2D eigenvalue weighted by Crippen LogP contribution is 2.31. The molecule has 0 spiro atoms. The monoisotopic (exact) mass is 644 g/mol. The molecule has 1 aromatic carbocycles. The Bertz CT molecular complexity index is 1430. The van der Waals surface area contributed by atoms with Crippen molar-refractivity contribution in [3.8, 4) is 0 Å². The first-order chi connectivity index (χ1) is 20.9. The van der Waals surface area contributed by atoms with Crippen molar-refractivity contribution in [3.05, 3.63) is 40.9 Å². The van der Waals surface area contributed by atoms with Crippen molar-refractivity contribution in [3.63, 3.8) is 0 Å². The van der Waals surface area contributed by atoms with Crippen LogP contribution in [0, 0.1) is 11.8 Å². The zero-order valence-corrected chi connectivity index (χ0v) is 28.0. The molecule has 242 valence electrons. The standard InChI is InChI=1S/C33H48N4O5S2/c1-22(2)25-10-11-28-30(18-25)43-32(35-28)20-26(19-31(39)34-4)33(40)36-27(24-8-6-5-7-9-24)12-13-29(38)23(3)21-37-14-16-44(41,42)17-15-37/h10-11,18,22,24,26-27H,3,5-9,12-17,19-21H2,1-2,4H3,(H,34,39)(H,36,40)/t26-,27+/m0/s1. The number of carbonyl (C=O) groups excluding carboxylic acids is 3. The molecule has 2 N–H and O–H groups in total. The van der Waals surface area contributed by atoms with Crippen molar-refractivity contribution < 1.29 is 22.8 Å². The van der Waals surface area contributed by atoms with Crippen molar-refractivity contribution >= 4 is 49.0 Å². The quantitative estimate of drug-likeness (QED) is 0.292. The summed E-state index contributed by atoms with van der Waals surface area (Å²) in [5.74, 6) is -0.0983. The second-order valence-corrected chi connectivity index (χ2v) is 16.2. The van der Waals surface area contributed by atoms with E-state index in [1.807, 2.05) is 11.0 Å². The van der Waals surface area contributed by atoms with Gasteiger partial charge in [0, 0.05) is 57.6 Å². The number of benzene rings is 1. The Morgan fingerprint density at radius 3 is 2.48 bits per heavy atom. The molecule has 2 heterocycles. The molecule has 0 unspecified atom stereocenters. The van der Waals surface area contributed by atoms with E-state index < -0.39 is 15.8 Å². The molecule has 1 aliphatic carbocycles. The molecule has 2 fully saturated rings. The third kappa shape index (κ3) is 9.68. The first-order valence-corrected chi connectivity index (χ1v) is 18.6. The molecule has 2 atom stereocenters. The summed E-state index contributed by atoms with van der Waals surface area (Å²) in [7, 11) is -1.41. The van der Waals surface area contributed by atoms with Crippen LogP contribution in [0.2, 0.25) is 0 Å². The number of ketones is 1. The molecule has 9 nitrogen and oxygen atoms in total. The first-order valence-electron chi connectivity index (χ1n) is 16.0. The Labute approximate surface area is 266 Å². The molecule has 1 aliphatic heterocycles. The van der Waals surface area contributed by atoms with E-state index in [-0.39, 0.29) is 53.9 Å². The van der Waals surface area contributed by atoms with Crippen molar-refractivity contribution in [2.24, 2.45) is 11.8 Å². The fraction of sp³-hybridized carbons (Fsp3) is 0.636. The smallest absolute Gasteiger partial charge is 0.224 e. The van der Waals surface area contributed by atoms with Gasteiger partial charge in [0.2, 0.25) is 11.8 Å². The molecule has 4 rings (SSSR count). The minimum absolute atomic E-state index is 0.0503. The predicted octanol–water partition coefficient (Wildman–Crippen LogP) is 4.42. The van der Waals surface area contributed by atoms with Gasteiger partial charge in [-0.25, -0.2) is 13.4 Å². The molecule has 2 aromatic rings. The van der Waals surface area contributed by atoms with Crippen molar-refractivity contribution in [1.29, 1.82) is 0 Å². The average Bonchev–Trinajstić information content (AvgIpc) is 3.41. The maximum atomic E-state index is 13.8.